The number of rotatable bonds is 7. The third-order valence-corrected chi connectivity index (χ3v) is 5.02. The van der Waals surface area contributed by atoms with Gasteiger partial charge in [-0.2, -0.15) is 0 Å². The lowest BCUT2D eigenvalue weighted by molar-refractivity contribution is -0.126. The van der Waals surface area contributed by atoms with Crippen molar-refractivity contribution in [2.75, 3.05) is 30.6 Å². The summed E-state index contributed by atoms with van der Waals surface area (Å²) in [6.07, 6.45) is 4.43. The zero-order chi connectivity index (χ0) is 19.2. The average Bonchev–Trinajstić information content (AvgIpc) is 2.61. The highest BCUT2D eigenvalue weighted by atomic mass is 32.2. The highest BCUT2D eigenvalue weighted by Gasteiger charge is 2.27. The predicted molar refractivity (Wildman–Crippen MR) is 101 cm³/mol. The summed E-state index contributed by atoms with van der Waals surface area (Å²) in [6.45, 7) is 3.89. The van der Waals surface area contributed by atoms with Crippen LogP contribution < -0.4 is 10.0 Å². The van der Waals surface area contributed by atoms with Crippen molar-refractivity contribution >= 4 is 27.5 Å². The monoisotopic (exact) mass is 381 g/mol. The number of amides is 2. The van der Waals surface area contributed by atoms with Crippen molar-refractivity contribution < 1.29 is 18.0 Å². The van der Waals surface area contributed by atoms with Gasteiger partial charge in [0.25, 0.3) is 5.91 Å². The lowest BCUT2D eigenvalue weighted by Crippen LogP contribution is -2.43. The Balaban J connectivity index is 1.87. The molecule has 1 aliphatic heterocycles. The van der Waals surface area contributed by atoms with Crippen molar-refractivity contribution in [3.8, 4) is 0 Å². The van der Waals surface area contributed by atoms with E-state index in [1.807, 2.05) is 0 Å². The van der Waals surface area contributed by atoms with Crippen molar-refractivity contribution in [3.05, 3.63) is 29.8 Å². The Kier molecular flexibility index (Phi) is 7.02. The molecular formula is C18H27N3O4S. The summed E-state index contributed by atoms with van der Waals surface area (Å²) < 4.78 is 24.8. The number of likely N-dealkylation sites (tertiary alicyclic amines) is 1. The van der Waals surface area contributed by atoms with Gasteiger partial charge in [0.1, 0.15) is 0 Å². The molecule has 7 nitrogen and oxygen atoms in total. The van der Waals surface area contributed by atoms with E-state index in [0.717, 1.165) is 19.1 Å². The lowest BCUT2D eigenvalue weighted by Gasteiger charge is -2.31. The Labute approximate surface area is 155 Å². The normalized spacial score (nSPS) is 15.5. The molecule has 1 fully saturated rings. The average molecular weight is 381 g/mol. The largest absolute Gasteiger partial charge is 0.356 e. The minimum atomic E-state index is -3.34. The molecule has 144 valence electrons. The summed E-state index contributed by atoms with van der Waals surface area (Å²) in [7, 11) is -3.34. The molecule has 1 aromatic carbocycles. The van der Waals surface area contributed by atoms with E-state index in [0.29, 0.717) is 43.7 Å². The number of sulfonamides is 1. The predicted octanol–water partition coefficient (Wildman–Crippen LogP) is 1.83. The second kappa shape index (κ2) is 9.02. The van der Waals surface area contributed by atoms with Crippen LogP contribution in [0.3, 0.4) is 0 Å². The van der Waals surface area contributed by atoms with Crippen LogP contribution in [0.5, 0.6) is 0 Å². The van der Waals surface area contributed by atoms with E-state index >= 15 is 0 Å². The second-order valence-electron chi connectivity index (χ2n) is 6.66. The highest BCUT2D eigenvalue weighted by Crippen LogP contribution is 2.20. The minimum Gasteiger partial charge on any atom is -0.356 e. The van der Waals surface area contributed by atoms with Crippen LogP contribution in [-0.2, 0) is 14.8 Å². The smallest absolute Gasteiger partial charge is 0.253 e. The zero-order valence-electron chi connectivity index (χ0n) is 15.3. The molecule has 0 bridgehead atoms. The molecular weight excluding hydrogens is 354 g/mol. The Morgan fingerprint density at radius 2 is 1.77 bits per heavy atom. The topological polar surface area (TPSA) is 95.6 Å². The van der Waals surface area contributed by atoms with Crippen molar-refractivity contribution in [2.24, 2.45) is 5.92 Å². The zero-order valence-corrected chi connectivity index (χ0v) is 16.1. The fourth-order valence-corrected chi connectivity index (χ4v) is 3.52. The molecule has 0 radical (unpaired) electrons. The molecule has 26 heavy (non-hydrogen) atoms. The Morgan fingerprint density at radius 1 is 1.15 bits per heavy atom. The van der Waals surface area contributed by atoms with Crippen molar-refractivity contribution in [1.29, 1.82) is 0 Å². The van der Waals surface area contributed by atoms with Gasteiger partial charge in [0.05, 0.1) is 6.26 Å². The quantitative estimate of drug-likeness (QED) is 0.704. The van der Waals surface area contributed by atoms with E-state index in [4.69, 9.17) is 0 Å². The van der Waals surface area contributed by atoms with E-state index in [-0.39, 0.29) is 17.7 Å². The van der Waals surface area contributed by atoms with Crippen LogP contribution in [0.15, 0.2) is 24.3 Å². The standard InChI is InChI=1S/C18H27N3O4S/c1-3-4-11-19-17(22)14-9-12-21(13-10-14)18(23)15-5-7-16(8-6-15)20-26(2,24)25/h5-8,14,20H,3-4,9-13H2,1-2H3,(H,19,22). The Hall–Kier alpha value is -2.09. The molecule has 8 heteroatoms. The molecule has 0 saturated carbocycles. The maximum absolute atomic E-state index is 12.6. The number of carbonyl (C=O) groups excluding carboxylic acids is 2. The van der Waals surface area contributed by atoms with E-state index in [2.05, 4.69) is 17.0 Å². The second-order valence-corrected chi connectivity index (χ2v) is 8.41. The van der Waals surface area contributed by atoms with Gasteiger partial charge in [0.2, 0.25) is 15.9 Å². The van der Waals surface area contributed by atoms with E-state index in [1.54, 1.807) is 29.2 Å². The van der Waals surface area contributed by atoms with Crippen LogP contribution in [0.1, 0.15) is 43.0 Å². The minimum absolute atomic E-state index is 0.0303. The van der Waals surface area contributed by atoms with Crippen LogP contribution in [0, 0.1) is 5.92 Å². The van der Waals surface area contributed by atoms with Gasteiger partial charge in [-0.1, -0.05) is 13.3 Å². The van der Waals surface area contributed by atoms with Gasteiger partial charge < -0.3 is 10.2 Å². The molecule has 1 saturated heterocycles. The first kappa shape index (κ1) is 20.2. The van der Waals surface area contributed by atoms with E-state index in [9.17, 15) is 18.0 Å². The summed E-state index contributed by atoms with van der Waals surface area (Å²) in [6, 6.07) is 6.36. The number of hydrogen-bond acceptors (Lipinski definition) is 4. The van der Waals surface area contributed by atoms with Gasteiger partial charge in [-0.05, 0) is 43.5 Å². The van der Waals surface area contributed by atoms with Crippen molar-refractivity contribution in [1.82, 2.24) is 10.2 Å². The van der Waals surface area contributed by atoms with E-state index < -0.39 is 10.0 Å². The number of anilines is 1. The van der Waals surface area contributed by atoms with Crippen LogP contribution in [-0.4, -0.2) is 51.0 Å². The number of unbranched alkanes of at least 4 members (excludes halogenated alkanes) is 1. The van der Waals surface area contributed by atoms with Gasteiger partial charge >= 0.3 is 0 Å². The van der Waals surface area contributed by atoms with Crippen molar-refractivity contribution in [3.63, 3.8) is 0 Å². The molecule has 0 aliphatic carbocycles. The first-order chi connectivity index (χ1) is 12.3. The molecule has 2 N–H and O–H groups in total. The molecule has 0 unspecified atom stereocenters. The first-order valence-electron chi connectivity index (χ1n) is 8.95. The number of carbonyl (C=O) groups is 2. The number of benzene rings is 1. The maximum atomic E-state index is 12.6. The molecule has 2 amide bonds. The van der Waals surface area contributed by atoms with Gasteiger partial charge in [-0.15, -0.1) is 0 Å². The fourth-order valence-electron chi connectivity index (χ4n) is 2.95. The van der Waals surface area contributed by atoms with Gasteiger partial charge in [-0.25, -0.2) is 8.42 Å². The molecule has 1 aliphatic rings. The molecule has 1 aromatic rings. The summed E-state index contributed by atoms with van der Waals surface area (Å²) >= 11 is 0. The van der Waals surface area contributed by atoms with Gasteiger partial charge in [0.15, 0.2) is 0 Å². The molecule has 2 rings (SSSR count). The fraction of sp³-hybridized carbons (Fsp3) is 0.556. The summed E-state index contributed by atoms with van der Waals surface area (Å²) in [5.74, 6) is -0.0419. The van der Waals surface area contributed by atoms with Crippen molar-refractivity contribution in [2.45, 2.75) is 32.6 Å². The summed E-state index contributed by atoms with van der Waals surface area (Å²) in [4.78, 5) is 26.4. The third-order valence-electron chi connectivity index (χ3n) is 4.42. The molecule has 0 atom stereocenters. The number of hydrogen-bond donors (Lipinski definition) is 2. The Bertz CT molecular complexity index is 723. The van der Waals surface area contributed by atoms with Crippen LogP contribution >= 0.6 is 0 Å². The number of nitrogens with zero attached hydrogens (tertiary/aromatic N) is 1. The number of nitrogens with one attached hydrogen (secondary N) is 2. The SMILES string of the molecule is CCCCNC(=O)C1CCN(C(=O)c2ccc(NS(C)(=O)=O)cc2)CC1. The summed E-state index contributed by atoms with van der Waals surface area (Å²) in [5, 5.41) is 2.96. The van der Waals surface area contributed by atoms with E-state index in [1.165, 1.54) is 0 Å². The highest BCUT2D eigenvalue weighted by molar-refractivity contribution is 7.92. The lowest BCUT2D eigenvalue weighted by atomic mass is 9.95. The Morgan fingerprint density at radius 3 is 2.31 bits per heavy atom. The molecule has 0 spiro atoms. The molecule has 1 heterocycles. The summed E-state index contributed by atoms with van der Waals surface area (Å²) in [5.41, 5.74) is 0.932. The van der Waals surface area contributed by atoms with Gasteiger partial charge in [0, 0.05) is 36.8 Å². The van der Waals surface area contributed by atoms with Crippen LogP contribution in [0.25, 0.3) is 0 Å². The maximum Gasteiger partial charge on any atom is 0.253 e. The van der Waals surface area contributed by atoms with Crippen LogP contribution in [0.2, 0.25) is 0 Å². The molecule has 0 aromatic heterocycles. The first-order valence-corrected chi connectivity index (χ1v) is 10.8. The van der Waals surface area contributed by atoms with Crippen LogP contribution in [0.4, 0.5) is 5.69 Å². The number of piperidine rings is 1. The third kappa shape index (κ3) is 6.01. The van der Waals surface area contributed by atoms with Gasteiger partial charge in [-0.3, -0.25) is 14.3 Å².